The van der Waals surface area contributed by atoms with Crippen LogP contribution >= 0.6 is 23.4 Å². The van der Waals surface area contributed by atoms with Gasteiger partial charge in [0.05, 0.1) is 11.4 Å². The van der Waals surface area contributed by atoms with Crippen LogP contribution in [0.2, 0.25) is 5.02 Å². The molecule has 0 radical (unpaired) electrons. The number of halogens is 1. The first kappa shape index (κ1) is 18.6. The second kappa shape index (κ2) is 7.70. The summed E-state index contributed by atoms with van der Waals surface area (Å²) in [4.78, 5) is 26.6. The zero-order valence-corrected chi connectivity index (χ0v) is 16.6. The van der Waals surface area contributed by atoms with Crippen molar-refractivity contribution in [3.05, 3.63) is 87.5 Å². The predicted octanol–water partition coefficient (Wildman–Crippen LogP) is 6.14. The van der Waals surface area contributed by atoms with Crippen LogP contribution in [0.4, 0.5) is 4.79 Å². The van der Waals surface area contributed by atoms with Gasteiger partial charge >= 0.3 is 0 Å². The van der Waals surface area contributed by atoms with Crippen molar-refractivity contribution in [2.75, 3.05) is 0 Å². The molecule has 0 aliphatic carbocycles. The number of thioether (sulfide) groups is 1. The van der Waals surface area contributed by atoms with E-state index in [2.05, 4.69) is 0 Å². The SMILES string of the molecule is Cc1ccc(CN2C(=O)S/C(=C\c3ccc(-c4ccc(Cl)cc4)o3)C2=O)cc1. The Balaban J connectivity index is 1.52. The van der Waals surface area contributed by atoms with Crippen molar-refractivity contribution < 1.29 is 14.0 Å². The molecule has 2 aromatic carbocycles. The average molecular weight is 410 g/mol. The fourth-order valence-corrected chi connectivity index (χ4v) is 3.79. The van der Waals surface area contributed by atoms with E-state index in [4.69, 9.17) is 16.0 Å². The number of carbonyl (C=O) groups excluding carboxylic acids is 2. The lowest BCUT2D eigenvalue weighted by atomic mass is 10.1. The Hall–Kier alpha value is -2.76. The molecule has 0 saturated carbocycles. The van der Waals surface area contributed by atoms with Gasteiger partial charge in [0.25, 0.3) is 11.1 Å². The summed E-state index contributed by atoms with van der Waals surface area (Å²) in [6.07, 6.45) is 1.61. The molecule has 4 nitrogen and oxygen atoms in total. The molecule has 6 heteroatoms. The molecule has 0 bridgehead atoms. The van der Waals surface area contributed by atoms with Gasteiger partial charge in [-0.05, 0) is 60.6 Å². The Kier molecular flexibility index (Phi) is 5.11. The Labute approximate surface area is 171 Å². The minimum absolute atomic E-state index is 0.260. The molecule has 1 aliphatic rings. The second-order valence-electron chi connectivity index (χ2n) is 6.46. The van der Waals surface area contributed by atoms with Gasteiger partial charge in [0, 0.05) is 16.7 Å². The summed E-state index contributed by atoms with van der Waals surface area (Å²) in [6.45, 7) is 2.25. The van der Waals surface area contributed by atoms with Crippen LogP contribution in [0.1, 0.15) is 16.9 Å². The summed E-state index contributed by atoms with van der Waals surface area (Å²) < 4.78 is 5.81. The van der Waals surface area contributed by atoms with Gasteiger partial charge < -0.3 is 4.42 Å². The maximum atomic E-state index is 12.7. The number of hydrogen-bond acceptors (Lipinski definition) is 4. The summed E-state index contributed by atoms with van der Waals surface area (Å²) in [5.74, 6) is 0.882. The zero-order chi connectivity index (χ0) is 19.7. The third-order valence-corrected chi connectivity index (χ3v) is 5.52. The van der Waals surface area contributed by atoms with E-state index in [-0.39, 0.29) is 17.7 Å². The summed E-state index contributed by atoms with van der Waals surface area (Å²) in [7, 11) is 0. The van der Waals surface area contributed by atoms with Gasteiger partial charge in [0.2, 0.25) is 0 Å². The highest BCUT2D eigenvalue weighted by atomic mass is 35.5. The van der Waals surface area contributed by atoms with Crippen LogP contribution in [0.5, 0.6) is 0 Å². The molecule has 0 N–H and O–H groups in total. The normalized spacial score (nSPS) is 15.6. The molecule has 140 valence electrons. The van der Waals surface area contributed by atoms with Gasteiger partial charge in [-0.1, -0.05) is 41.4 Å². The molecule has 0 atom stereocenters. The molecule has 0 unspecified atom stereocenters. The van der Waals surface area contributed by atoms with Crippen molar-refractivity contribution in [3.63, 3.8) is 0 Å². The number of furan rings is 1. The molecule has 0 spiro atoms. The fraction of sp³-hybridized carbons (Fsp3) is 0.0909. The number of imide groups is 1. The van der Waals surface area contributed by atoms with E-state index in [9.17, 15) is 9.59 Å². The highest BCUT2D eigenvalue weighted by molar-refractivity contribution is 8.18. The molecule has 4 rings (SSSR count). The lowest BCUT2D eigenvalue weighted by Crippen LogP contribution is -2.27. The first-order valence-corrected chi connectivity index (χ1v) is 9.86. The summed E-state index contributed by atoms with van der Waals surface area (Å²) >= 11 is 6.84. The molecular weight excluding hydrogens is 394 g/mol. The smallest absolute Gasteiger partial charge is 0.293 e. The number of amides is 2. The number of hydrogen-bond donors (Lipinski definition) is 0. The Morgan fingerprint density at radius 3 is 2.43 bits per heavy atom. The van der Waals surface area contributed by atoms with Crippen LogP contribution in [0.15, 0.2) is 70.0 Å². The Morgan fingerprint density at radius 1 is 1.00 bits per heavy atom. The summed E-state index contributed by atoms with van der Waals surface area (Å²) in [5.41, 5.74) is 2.93. The quantitative estimate of drug-likeness (QED) is 0.485. The monoisotopic (exact) mass is 409 g/mol. The van der Waals surface area contributed by atoms with Crippen LogP contribution in [0.3, 0.4) is 0 Å². The lowest BCUT2D eigenvalue weighted by molar-refractivity contribution is -0.123. The molecule has 2 amide bonds. The van der Waals surface area contributed by atoms with Gasteiger partial charge in [-0.2, -0.15) is 0 Å². The lowest BCUT2D eigenvalue weighted by Gasteiger charge is -2.12. The number of rotatable bonds is 4. The standard InChI is InChI=1S/C22H16ClNO3S/c1-14-2-4-15(5-3-14)13-24-21(25)20(28-22(24)26)12-18-10-11-19(27-18)16-6-8-17(23)9-7-16/h2-12H,13H2,1H3/b20-12-. The van der Waals surface area contributed by atoms with E-state index in [0.29, 0.717) is 21.4 Å². The van der Waals surface area contributed by atoms with Crippen molar-refractivity contribution in [3.8, 4) is 11.3 Å². The van der Waals surface area contributed by atoms with E-state index in [1.54, 1.807) is 24.3 Å². The second-order valence-corrected chi connectivity index (χ2v) is 7.89. The predicted molar refractivity (Wildman–Crippen MR) is 112 cm³/mol. The van der Waals surface area contributed by atoms with E-state index < -0.39 is 0 Å². The molecule has 1 fully saturated rings. The van der Waals surface area contributed by atoms with E-state index in [0.717, 1.165) is 28.5 Å². The largest absolute Gasteiger partial charge is 0.457 e. The maximum absolute atomic E-state index is 12.7. The molecule has 3 aromatic rings. The third-order valence-electron chi connectivity index (χ3n) is 4.36. The summed E-state index contributed by atoms with van der Waals surface area (Å²) in [5, 5.41) is 0.374. The Bertz CT molecular complexity index is 1070. The van der Waals surface area contributed by atoms with E-state index >= 15 is 0 Å². The van der Waals surface area contributed by atoms with Gasteiger partial charge in [-0.25, -0.2) is 0 Å². The van der Waals surface area contributed by atoms with Crippen molar-refractivity contribution in [2.45, 2.75) is 13.5 Å². The van der Waals surface area contributed by atoms with Gasteiger partial charge in [0.15, 0.2) is 0 Å². The van der Waals surface area contributed by atoms with E-state index in [1.807, 2.05) is 49.4 Å². The van der Waals surface area contributed by atoms with E-state index in [1.165, 1.54) is 4.90 Å². The van der Waals surface area contributed by atoms with Crippen molar-refractivity contribution >= 4 is 40.6 Å². The fourth-order valence-electron chi connectivity index (χ4n) is 2.84. The van der Waals surface area contributed by atoms with Crippen molar-refractivity contribution in [2.24, 2.45) is 0 Å². The minimum Gasteiger partial charge on any atom is -0.457 e. The van der Waals surface area contributed by atoms with Crippen molar-refractivity contribution in [1.82, 2.24) is 4.90 Å². The first-order valence-electron chi connectivity index (χ1n) is 8.66. The molecule has 1 aliphatic heterocycles. The number of carbonyl (C=O) groups is 2. The maximum Gasteiger partial charge on any atom is 0.293 e. The molecular formula is C22H16ClNO3S. The molecule has 1 aromatic heterocycles. The molecule has 1 saturated heterocycles. The number of nitrogens with zero attached hydrogens (tertiary/aromatic N) is 1. The third kappa shape index (κ3) is 3.91. The number of benzene rings is 2. The average Bonchev–Trinajstić information content (AvgIpc) is 3.24. The topological polar surface area (TPSA) is 50.5 Å². The number of aryl methyl sites for hydroxylation is 1. The highest BCUT2D eigenvalue weighted by Crippen LogP contribution is 2.34. The van der Waals surface area contributed by atoms with Crippen LogP contribution in [0.25, 0.3) is 17.4 Å². The minimum atomic E-state index is -0.306. The molecule has 28 heavy (non-hydrogen) atoms. The zero-order valence-electron chi connectivity index (χ0n) is 15.0. The van der Waals surface area contributed by atoms with Gasteiger partial charge in [-0.3, -0.25) is 14.5 Å². The van der Waals surface area contributed by atoms with Crippen LogP contribution in [-0.4, -0.2) is 16.0 Å². The van der Waals surface area contributed by atoms with Crippen LogP contribution in [0, 0.1) is 6.92 Å². The Morgan fingerprint density at radius 2 is 1.71 bits per heavy atom. The van der Waals surface area contributed by atoms with Crippen LogP contribution < -0.4 is 0 Å². The first-order chi connectivity index (χ1) is 13.5. The molecule has 2 heterocycles. The highest BCUT2D eigenvalue weighted by Gasteiger charge is 2.35. The van der Waals surface area contributed by atoms with Gasteiger partial charge in [-0.15, -0.1) is 0 Å². The van der Waals surface area contributed by atoms with Crippen LogP contribution in [-0.2, 0) is 11.3 Å². The van der Waals surface area contributed by atoms with Gasteiger partial charge in [0.1, 0.15) is 11.5 Å². The summed E-state index contributed by atoms with van der Waals surface area (Å²) in [6, 6.07) is 18.7. The van der Waals surface area contributed by atoms with Crippen molar-refractivity contribution in [1.29, 1.82) is 0 Å².